The highest BCUT2D eigenvalue weighted by molar-refractivity contribution is 9.10. The minimum Gasteiger partial charge on any atom is -0.134 e. The first-order valence-corrected chi connectivity index (χ1v) is 9.16. The fraction of sp³-hybridized carbons (Fsp3) is 0. The van der Waals surface area contributed by atoms with Crippen molar-refractivity contribution in [3.05, 3.63) is 59.1 Å². The molecule has 0 saturated heterocycles. The summed E-state index contributed by atoms with van der Waals surface area (Å²) < 4.78 is 6.74. The van der Waals surface area contributed by atoms with Crippen molar-refractivity contribution in [3.63, 3.8) is 0 Å². The highest BCUT2D eigenvalue weighted by Gasteiger charge is 2.15. The molecule has 0 radical (unpaired) electrons. The van der Waals surface area contributed by atoms with Crippen LogP contribution >= 0.6 is 38.6 Å². The third kappa shape index (κ3) is 1.60. The van der Waals surface area contributed by atoms with Gasteiger partial charge in [0.05, 0.1) is 9.40 Å². The van der Waals surface area contributed by atoms with Crippen LogP contribution in [0.15, 0.2) is 59.1 Å². The van der Waals surface area contributed by atoms with Gasteiger partial charge >= 0.3 is 0 Å². The van der Waals surface area contributed by atoms with Gasteiger partial charge < -0.3 is 0 Å². The molecule has 0 N–H and O–H groups in total. The Morgan fingerprint density at radius 3 is 2.10 bits per heavy atom. The molecule has 3 aromatic carbocycles. The maximum atomic E-state index is 3.80. The zero-order valence-corrected chi connectivity index (χ0v) is 14.1. The molecule has 3 heteroatoms. The monoisotopic (exact) mass is 368 g/mol. The lowest BCUT2D eigenvalue weighted by molar-refractivity contribution is 1.84. The highest BCUT2D eigenvalue weighted by Crippen LogP contribution is 2.47. The Bertz CT molecular complexity index is 1150. The molecule has 0 bridgehead atoms. The second kappa shape index (κ2) is 4.29. The van der Waals surface area contributed by atoms with Crippen LogP contribution in [0.2, 0.25) is 0 Å². The van der Waals surface area contributed by atoms with E-state index >= 15 is 0 Å². The molecule has 0 unspecified atom stereocenters. The minimum absolute atomic E-state index is 1.20. The summed E-state index contributed by atoms with van der Waals surface area (Å²) in [4.78, 5) is 0. The minimum atomic E-state index is 1.20. The van der Waals surface area contributed by atoms with Crippen molar-refractivity contribution in [3.8, 4) is 0 Å². The highest BCUT2D eigenvalue weighted by atomic mass is 79.9. The number of rotatable bonds is 0. The van der Waals surface area contributed by atoms with Crippen molar-refractivity contribution in [2.45, 2.75) is 0 Å². The van der Waals surface area contributed by atoms with Gasteiger partial charge in [-0.25, -0.2) is 0 Å². The van der Waals surface area contributed by atoms with E-state index < -0.39 is 0 Å². The zero-order valence-electron chi connectivity index (χ0n) is 10.9. The summed E-state index contributed by atoms with van der Waals surface area (Å²) in [5.74, 6) is 0. The standard InChI is InChI=1S/C18H9BrS2/c19-13-9-12-10-5-1-3-7-14(10)20-17(12)18-16(13)11-6-2-4-8-15(11)21-18/h1-9H. The molecule has 0 atom stereocenters. The van der Waals surface area contributed by atoms with Gasteiger partial charge in [0, 0.05) is 35.4 Å². The second-order valence-corrected chi connectivity index (χ2v) is 8.09. The largest absolute Gasteiger partial charge is 0.134 e. The smallest absolute Gasteiger partial charge is 0.0545 e. The van der Waals surface area contributed by atoms with Gasteiger partial charge in [0.1, 0.15) is 0 Å². The summed E-state index contributed by atoms with van der Waals surface area (Å²) in [6.07, 6.45) is 0. The summed E-state index contributed by atoms with van der Waals surface area (Å²) in [7, 11) is 0. The molecule has 0 spiro atoms. The predicted octanol–water partition coefficient (Wildman–Crippen LogP) is 7.18. The lowest BCUT2D eigenvalue weighted by atomic mass is 10.1. The maximum absolute atomic E-state index is 3.80. The number of hydrogen-bond acceptors (Lipinski definition) is 2. The molecule has 2 heterocycles. The van der Waals surface area contributed by atoms with Gasteiger partial charge in [-0.05, 0) is 18.2 Å². The molecule has 100 valence electrons. The van der Waals surface area contributed by atoms with E-state index in [0.29, 0.717) is 0 Å². The number of halogens is 1. The zero-order chi connectivity index (χ0) is 14.0. The predicted molar refractivity (Wildman–Crippen MR) is 99.9 cm³/mol. The SMILES string of the molecule is Brc1cc2c3ccccc3sc2c2sc3ccccc3c12. The average Bonchev–Trinajstić information content (AvgIpc) is 3.06. The molecule has 0 amide bonds. The van der Waals surface area contributed by atoms with Crippen molar-refractivity contribution in [2.24, 2.45) is 0 Å². The Hall–Kier alpha value is -1.42. The summed E-state index contributed by atoms with van der Waals surface area (Å²) in [6, 6.07) is 19.6. The van der Waals surface area contributed by atoms with E-state index in [4.69, 9.17) is 0 Å². The van der Waals surface area contributed by atoms with E-state index in [1.54, 1.807) is 0 Å². The summed E-state index contributed by atoms with van der Waals surface area (Å²) in [6.45, 7) is 0. The first-order valence-electron chi connectivity index (χ1n) is 6.74. The van der Waals surface area contributed by atoms with E-state index in [2.05, 4.69) is 70.5 Å². The molecule has 0 aliphatic rings. The van der Waals surface area contributed by atoms with Crippen LogP contribution in [0.1, 0.15) is 0 Å². The van der Waals surface area contributed by atoms with E-state index in [9.17, 15) is 0 Å². The van der Waals surface area contributed by atoms with Crippen LogP contribution in [-0.4, -0.2) is 0 Å². The third-order valence-electron chi connectivity index (χ3n) is 3.95. The molecule has 21 heavy (non-hydrogen) atoms. The lowest BCUT2D eigenvalue weighted by Gasteiger charge is -1.98. The van der Waals surface area contributed by atoms with Crippen molar-refractivity contribution in [1.82, 2.24) is 0 Å². The second-order valence-electron chi connectivity index (χ2n) is 5.14. The van der Waals surface area contributed by atoms with Crippen LogP contribution in [0.5, 0.6) is 0 Å². The molecule has 5 aromatic rings. The molecule has 5 rings (SSSR count). The van der Waals surface area contributed by atoms with Crippen LogP contribution < -0.4 is 0 Å². The van der Waals surface area contributed by atoms with Crippen LogP contribution in [0.3, 0.4) is 0 Å². The van der Waals surface area contributed by atoms with Crippen LogP contribution in [0.25, 0.3) is 40.3 Å². The normalized spacial score (nSPS) is 12.0. The quantitative estimate of drug-likeness (QED) is 0.271. The van der Waals surface area contributed by atoms with Crippen molar-refractivity contribution in [1.29, 1.82) is 0 Å². The fourth-order valence-electron chi connectivity index (χ4n) is 3.02. The molecule has 0 fully saturated rings. The molecule has 0 aliphatic heterocycles. The van der Waals surface area contributed by atoms with E-state index in [0.717, 1.165) is 0 Å². The van der Waals surface area contributed by atoms with E-state index in [-0.39, 0.29) is 0 Å². The van der Waals surface area contributed by atoms with Crippen molar-refractivity contribution >= 4 is 78.9 Å². The number of fused-ring (bicyclic) bond motifs is 7. The number of benzene rings is 3. The molecule has 2 aromatic heterocycles. The van der Waals surface area contributed by atoms with E-state index in [1.165, 1.54) is 44.8 Å². The van der Waals surface area contributed by atoms with Gasteiger partial charge in [0.15, 0.2) is 0 Å². The first kappa shape index (κ1) is 12.2. The van der Waals surface area contributed by atoms with Gasteiger partial charge in [-0.2, -0.15) is 0 Å². The Kier molecular flexibility index (Phi) is 2.48. The third-order valence-corrected chi connectivity index (χ3v) is 7.09. The van der Waals surface area contributed by atoms with Gasteiger partial charge in [-0.1, -0.05) is 52.3 Å². The van der Waals surface area contributed by atoms with Gasteiger partial charge in [-0.15, -0.1) is 22.7 Å². The van der Waals surface area contributed by atoms with Crippen molar-refractivity contribution in [2.75, 3.05) is 0 Å². The van der Waals surface area contributed by atoms with Crippen LogP contribution in [-0.2, 0) is 0 Å². The maximum Gasteiger partial charge on any atom is 0.0545 e. The Balaban J connectivity index is 2.14. The van der Waals surface area contributed by atoms with E-state index in [1.807, 2.05) is 22.7 Å². The Labute approximate surface area is 137 Å². The lowest BCUT2D eigenvalue weighted by Crippen LogP contribution is -1.71. The molecule has 0 aliphatic carbocycles. The van der Waals surface area contributed by atoms with Crippen molar-refractivity contribution < 1.29 is 0 Å². The molecular formula is C18H9BrS2. The number of hydrogen-bond donors (Lipinski definition) is 0. The summed E-state index contributed by atoms with van der Waals surface area (Å²) >= 11 is 7.61. The van der Waals surface area contributed by atoms with Gasteiger partial charge in [-0.3, -0.25) is 0 Å². The topological polar surface area (TPSA) is 0 Å². The average molecular weight is 369 g/mol. The van der Waals surface area contributed by atoms with Crippen LogP contribution in [0.4, 0.5) is 0 Å². The van der Waals surface area contributed by atoms with Crippen LogP contribution in [0, 0.1) is 0 Å². The van der Waals surface area contributed by atoms with Gasteiger partial charge in [0.25, 0.3) is 0 Å². The fourth-order valence-corrected chi connectivity index (χ4v) is 6.34. The summed E-state index contributed by atoms with van der Waals surface area (Å²) in [5.41, 5.74) is 0. The Morgan fingerprint density at radius 1 is 0.667 bits per heavy atom. The molecule has 0 nitrogen and oxygen atoms in total. The number of thiophene rings is 2. The molecule has 0 saturated carbocycles. The van der Waals surface area contributed by atoms with Gasteiger partial charge in [0.2, 0.25) is 0 Å². The summed E-state index contributed by atoms with van der Waals surface area (Å²) in [5, 5.41) is 5.43. The molecular weight excluding hydrogens is 360 g/mol. The first-order chi connectivity index (χ1) is 10.3. The Morgan fingerprint density at radius 2 is 1.29 bits per heavy atom.